The van der Waals surface area contributed by atoms with Gasteiger partial charge in [0.15, 0.2) is 0 Å². The predicted octanol–water partition coefficient (Wildman–Crippen LogP) is 4.45. The molecule has 2 amide bonds. The third-order valence-electron chi connectivity index (χ3n) is 8.15. The van der Waals surface area contributed by atoms with Crippen LogP contribution in [0.4, 0.5) is 0 Å². The Hall–Kier alpha value is -2.75. The Kier molecular flexibility index (Phi) is 12.2. The lowest BCUT2D eigenvalue weighted by Gasteiger charge is -2.36. The molecule has 4 N–H and O–H groups in total. The number of nitrogens with zero attached hydrogens (tertiary/aromatic N) is 1. The number of rotatable bonds is 17. The van der Waals surface area contributed by atoms with Gasteiger partial charge >= 0.3 is 5.97 Å². The van der Waals surface area contributed by atoms with E-state index in [9.17, 15) is 29.7 Å². The third kappa shape index (κ3) is 7.71. The van der Waals surface area contributed by atoms with Gasteiger partial charge in [-0.05, 0) is 68.7 Å². The topological polar surface area (TPSA) is 149 Å². The Balaban J connectivity index is 1.76. The fraction of sp³-hybridized carbons (Fsp3) is 0.645. The lowest BCUT2D eigenvalue weighted by molar-refractivity contribution is -0.141. The highest BCUT2D eigenvalue weighted by Crippen LogP contribution is 2.47. The zero-order valence-corrected chi connectivity index (χ0v) is 23.8. The summed E-state index contributed by atoms with van der Waals surface area (Å²) in [7, 11) is 0. The van der Waals surface area contributed by atoms with Gasteiger partial charge in [-0.1, -0.05) is 44.3 Å². The number of carboxylic acid groups (broad SMARTS) is 1. The van der Waals surface area contributed by atoms with E-state index in [1.54, 1.807) is 6.07 Å². The predicted molar refractivity (Wildman–Crippen MR) is 150 cm³/mol. The Bertz CT molecular complexity index is 1090. The van der Waals surface area contributed by atoms with Gasteiger partial charge in [0.2, 0.25) is 11.8 Å². The number of carbonyl (C=O) groups is 3. The fourth-order valence-corrected chi connectivity index (χ4v) is 6.33. The van der Waals surface area contributed by atoms with Crippen LogP contribution in [0, 0.1) is 17.8 Å². The Morgan fingerprint density at radius 2 is 1.85 bits per heavy atom. The SMILES string of the molecule is CCCC1=C([C@H](O)CC/C(=C/c2ccc(CO)o2)CCC)[C@H](CO)[C@@H]2C(=O)N(CCCCCC(=O)O)C(=O)[C@@H]2C1. The number of aliphatic hydroxyl groups is 3. The van der Waals surface area contributed by atoms with Crippen molar-refractivity contribution in [3.05, 3.63) is 40.4 Å². The van der Waals surface area contributed by atoms with Crippen LogP contribution in [0.25, 0.3) is 6.08 Å². The van der Waals surface area contributed by atoms with Gasteiger partial charge in [0.05, 0.1) is 24.5 Å². The number of hydrogen-bond acceptors (Lipinski definition) is 7. The summed E-state index contributed by atoms with van der Waals surface area (Å²) in [6.07, 6.45) is 7.51. The first-order chi connectivity index (χ1) is 19.2. The molecule has 0 bridgehead atoms. The maximum atomic E-state index is 13.5. The van der Waals surface area contributed by atoms with Crippen LogP contribution in [0.3, 0.4) is 0 Å². The van der Waals surface area contributed by atoms with Crippen molar-refractivity contribution in [1.82, 2.24) is 4.90 Å². The van der Waals surface area contributed by atoms with E-state index in [4.69, 9.17) is 9.52 Å². The molecule has 40 heavy (non-hydrogen) atoms. The number of likely N-dealkylation sites (tertiary alicyclic amines) is 1. The van der Waals surface area contributed by atoms with Crippen LogP contribution in [0.5, 0.6) is 0 Å². The Morgan fingerprint density at radius 1 is 1.07 bits per heavy atom. The number of amides is 2. The molecule has 3 rings (SSSR count). The second-order valence-corrected chi connectivity index (χ2v) is 11.0. The van der Waals surface area contributed by atoms with E-state index < -0.39 is 29.8 Å². The molecule has 0 spiro atoms. The summed E-state index contributed by atoms with van der Waals surface area (Å²) in [6, 6.07) is 3.54. The minimum absolute atomic E-state index is 0.0612. The van der Waals surface area contributed by atoms with Crippen molar-refractivity contribution in [2.75, 3.05) is 13.2 Å². The molecule has 0 unspecified atom stereocenters. The summed E-state index contributed by atoms with van der Waals surface area (Å²) in [5, 5.41) is 40.1. The van der Waals surface area contributed by atoms with Gasteiger partial charge in [0, 0.05) is 18.9 Å². The van der Waals surface area contributed by atoms with Crippen LogP contribution in [0.2, 0.25) is 0 Å². The monoisotopic (exact) mass is 559 g/mol. The van der Waals surface area contributed by atoms with Crippen molar-refractivity contribution in [1.29, 1.82) is 0 Å². The summed E-state index contributed by atoms with van der Waals surface area (Å²) < 4.78 is 5.62. The summed E-state index contributed by atoms with van der Waals surface area (Å²) in [5.74, 6) is -2.06. The zero-order valence-electron chi connectivity index (χ0n) is 23.8. The minimum Gasteiger partial charge on any atom is -0.481 e. The number of carboxylic acids is 1. The number of unbranched alkanes of at least 4 members (excludes halogenated alkanes) is 2. The number of hydrogen-bond donors (Lipinski definition) is 4. The third-order valence-corrected chi connectivity index (χ3v) is 8.15. The first-order valence-corrected chi connectivity index (χ1v) is 14.7. The molecule has 9 nitrogen and oxygen atoms in total. The molecule has 222 valence electrons. The summed E-state index contributed by atoms with van der Waals surface area (Å²) in [6.45, 7) is 3.88. The molecule has 1 aromatic rings. The largest absolute Gasteiger partial charge is 0.481 e. The van der Waals surface area contributed by atoms with Crippen LogP contribution < -0.4 is 0 Å². The second kappa shape index (κ2) is 15.3. The molecule has 1 saturated heterocycles. The molecular weight excluding hydrogens is 514 g/mol. The van der Waals surface area contributed by atoms with Crippen molar-refractivity contribution >= 4 is 23.9 Å². The molecule has 2 heterocycles. The molecule has 0 radical (unpaired) electrons. The number of fused-ring (bicyclic) bond motifs is 1. The van der Waals surface area contributed by atoms with E-state index in [1.165, 1.54) is 4.90 Å². The average Bonchev–Trinajstić information content (AvgIpc) is 3.48. The van der Waals surface area contributed by atoms with E-state index in [0.717, 1.165) is 30.4 Å². The lowest BCUT2D eigenvalue weighted by atomic mass is 9.67. The molecule has 1 fully saturated rings. The highest BCUT2D eigenvalue weighted by molar-refractivity contribution is 6.05. The lowest BCUT2D eigenvalue weighted by Crippen LogP contribution is -2.39. The second-order valence-electron chi connectivity index (χ2n) is 11.0. The fourth-order valence-electron chi connectivity index (χ4n) is 6.33. The maximum Gasteiger partial charge on any atom is 0.303 e. The molecule has 0 saturated carbocycles. The number of aliphatic hydroxyl groups excluding tert-OH is 3. The van der Waals surface area contributed by atoms with Crippen molar-refractivity contribution in [3.63, 3.8) is 0 Å². The summed E-state index contributed by atoms with van der Waals surface area (Å²) in [4.78, 5) is 38.8. The van der Waals surface area contributed by atoms with Crippen LogP contribution in [0.15, 0.2) is 33.3 Å². The molecule has 0 aromatic carbocycles. The molecule has 1 aliphatic carbocycles. The van der Waals surface area contributed by atoms with Gasteiger partial charge in [0.1, 0.15) is 18.1 Å². The number of allylic oxidation sites excluding steroid dienone is 2. The van der Waals surface area contributed by atoms with Crippen molar-refractivity contribution < 1.29 is 39.2 Å². The smallest absolute Gasteiger partial charge is 0.303 e. The number of imide groups is 1. The standard InChI is InChI=1S/C31H45NO8/c1-3-8-20(16-22-12-13-23(18-33)40-22)11-14-26(35)28-21(9-4-2)17-24-29(25(28)19-34)31(39)32(30(24)38)15-7-5-6-10-27(36)37/h12-13,16,24-26,29,33-35H,3-11,14-15,17-19H2,1-2H3,(H,36,37)/b20-16+/t24-,25+,26-,29-/m1/s1. The maximum absolute atomic E-state index is 13.5. The number of carbonyl (C=O) groups excluding carboxylic acids is 2. The van der Waals surface area contributed by atoms with Crippen LogP contribution >= 0.6 is 0 Å². The van der Waals surface area contributed by atoms with Gasteiger partial charge in [-0.15, -0.1) is 0 Å². The molecule has 9 heteroatoms. The highest BCUT2D eigenvalue weighted by atomic mass is 16.4. The Morgan fingerprint density at radius 3 is 2.48 bits per heavy atom. The van der Waals surface area contributed by atoms with E-state index in [2.05, 4.69) is 6.92 Å². The van der Waals surface area contributed by atoms with E-state index >= 15 is 0 Å². The van der Waals surface area contributed by atoms with Crippen molar-refractivity contribution in [2.24, 2.45) is 17.8 Å². The summed E-state index contributed by atoms with van der Waals surface area (Å²) >= 11 is 0. The number of aliphatic carboxylic acids is 1. The minimum atomic E-state index is -0.861. The molecular formula is C31H45NO8. The van der Waals surface area contributed by atoms with Gasteiger partial charge in [-0.25, -0.2) is 0 Å². The summed E-state index contributed by atoms with van der Waals surface area (Å²) in [5.41, 5.74) is 2.79. The number of furan rings is 1. The van der Waals surface area contributed by atoms with E-state index in [0.29, 0.717) is 62.0 Å². The van der Waals surface area contributed by atoms with Crippen LogP contribution in [-0.4, -0.2) is 62.4 Å². The van der Waals surface area contributed by atoms with Gasteiger partial charge < -0.3 is 24.8 Å². The van der Waals surface area contributed by atoms with E-state index in [1.807, 2.05) is 19.1 Å². The first kappa shape index (κ1) is 31.8. The van der Waals surface area contributed by atoms with Crippen LogP contribution in [0.1, 0.15) is 96.0 Å². The highest BCUT2D eigenvalue weighted by Gasteiger charge is 2.54. The zero-order chi connectivity index (χ0) is 29.2. The van der Waals surface area contributed by atoms with Gasteiger partial charge in [-0.2, -0.15) is 0 Å². The van der Waals surface area contributed by atoms with Crippen molar-refractivity contribution in [2.45, 2.75) is 97.2 Å². The molecule has 1 aromatic heterocycles. The Labute approximate surface area is 236 Å². The van der Waals surface area contributed by atoms with E-state index in [-0.39, 0.29) is 38.0 Å². The average molecular weight is 560 g/mol. The van der Waals surface area contributed by atoms with Crippen molar-refractivity contribution in [3.8, 4) is 0 Å². The molecule has 1 aliphatic heterocycles. The van der Waals surface area contributed by atoms with Gasteiger partial charge in [-0.3, -0.25) is 19.3 Å². The first-order valence-electron chi connectivity index (χ1n) is 14.7. The quantitative estimate of drug-likeness (QED) is 0.124. The van der Waals surface area contributed by atoms with Gasteiger partial charge in [0.25, 0.3) is 0 Å². The normalized spacial score (nSPS) is 22.3. The molecule has 2 aliphatic rings. The molecule has 4 atom stereocenters. The van der Waals surface area contributed by atoms with Crippen LogP contribution in [-0.2, 0) is 21.0 Å².